The van der Waals surface area contributed by atoms with Gasteiger partial charge in [-0.1, -0.05) is 12.2 Å². The molecule has 3 nitrogen and oxygen atoms in total. The zero-order valence-corrected chi connectivity index (χ0v) is 10.4. The maximum atomic E-state index is 8.85. The molecule has 0 spiro atoms. The van der Waals surface area contributed by atoms with Crippen molar-refractivity contribution in [3.63, 3.8) is 0 Å². The van der Waals surface area contributed by atoms with Crippen LogP contribution in [-0.2, 0) is 6.54 Å². The van der Waals surface area contributed by atoms with Crippen LogP contribution in [0.4, 0.5) is 0 Å². The number of rotatable bonds is 6. The van der Waals surface area contributed by atoms with Crippen LogP contribution >= 0.6 is 0 Å². The standard InChI is InChI=1S/C14H18N2O/c1-3-4-5-8-16-11-13-9-12(10-15)6-7-14(13)17-2/h3-4,6-7,9,16H,5,8,11H2,1-2H3/b4-3+. The average molecular weight is 230 g/mol. The molecule has 0 atom stereocenters. The summed E-state index contributed by atoms with van der Waals surface area (Å²) in [6.45, 7) is 3.65. The zero-order valence-electron chi connectivity index (χ0n) is 10.4. The van der Waals surface area contributed by atoms with E-state index in [1.807, 2.05) is 25.1 Å². The number of nitrogens with zero attached hydrogens (tertiary/aromatic N) is 1. The second kappa shape index (κ2) is 7.48. The van der Waals surface area contributed by atoms with Crippen LogP contribution in [-0.4, -0.2) is 13.7 Å². The largest absolute Gasteiger partial charge is 0.496 e. The smallest absolute Gasteiger partial charge is 0.123 e. The van der Waals surface area contributed by atoms with Gasteiger partial charge in [-0.3, -0.25) is 0 Å². The van der Waals surface area contributed by atoms with Crippen molar-refractivity contribution >= 4 is 0 Å². The predicted octanol–water partition coefficient (Wildman–Crippen LogP) is 2.62. The fourth-order valence-corrected chi connectivity index (χ4v) is 1.56. The maximum absolute atomic E-state index is 8.85. The molecule has 0 aromatic heterocycles. The van der Waals surface area contributed by atoms with E-state index >= 15 is 0 Å². The summed E-state index contributed by atoms with van der Waals surface area (Å²) in [5.74, 6) is 0.822. The summed E-state index contributed by atoms with van der Waals surface area (Å²) in [5, 5.41) is 12.2. The Morgan fingerprint density at radius 2 is 2.29 bits per heavy atom. The van der Waals surface area contributed by atoms with Gasteiger partial charge in [-0.05, 0) is 38.1 Å². The van der Waals surface area contributed by atoms with Crippen LogP contribution in [0.25, 0.3) is 0 Å². The fourth-order valence-electron chi connectivity index (χ4n) is 1.56. The van der Waals surface area contributed by atoms with E-state index in [9.17, 15) is 0 Å². The number of allylic oxidation sites excluding steroid dienone is 1. The quantitative estimate of drug-likeness (QED) is 0.603. The van der Waals surface area contributed by atoms with E-state index in [-0.39, 0.29) is 0 Å². The Morgan fingerprint density at radius 3 is 2.94 bits per heavy atom. The molecular formula is C14H18N2O. The second-order valence-corrected chi connectivity index (χ2v) is 3.67. The number of nitrogens with one attached hydrogen (secondary N) is 1. The van der Waals surface area contributed by atoms with E-state index < -0.39 is 0 Å². The highest BCUT2D eigenvalue weighted by molar-refractivity contribution is 5.41. The van der Waals surface area contributed by atoms with Crippen LogP contribution < -0.4 is 10.1 Å². The SMILES string of the molecule is C/C=C/CCNCc1cc(C#N)ccc1OC. The van der Waals surface area contributed by atoms with Crippen LogP contribution in [0.2, 0.25) is 0 Å². The number of methoxy groups -OCH3 is 1. The van der Waals surface area contributed by atoms with E-state index in [1.165, 1.54) is 0 Å². The Hall–Kier alpha value is -1.79. The highest BCUT2D eigenvalue weighted by atomic mass is 16.5. The summed E-state index contributed by atoms with van der Waals surface area (Å²) in [4.78, 5) is 0. The van der Waals surface area contributed by atoms with Crippen LogP contribution in [0.1, 0.15) is 24.5 Å². The monoisotopic (exact) mass is 230 g/mol. The summed E-state index contributed by atoms with van der Waals surface area (Å²) in [7, 11) is 1.64. The van der Waals surface area contributed by atoms with Crippen molar-refractivity contribution in [2.45, 2.75) is 19.9 Å². The van der Waals surface area contributed by atoms with Crippen molar-refractivity contribution in [3.8, 4) is 11.8 Å². The van der Waals surface area contributed by atoms with Gasteiger partial charge in [0, 0.05) is 12.1 Å². The van der Waals surface area contributed by atoms with Gasteiger partial charge in [0.25, 0.3) is 0 Å². The maximum Gasteiger partial charge on any atom is 0.123 e. The molecule has 3 heteroatoms. The second-order valence-electron chi connectivity index (χ2n) is 3.67. The Balaban J connectivity index is 2.59. The zero-order chi connectivity index (χ0) is 12.5. The molecule has 0 radical (unpaired) electrons. The Bertz CT molecular complexity index is 419. The Kier molecular flexibility index (Phi) is 5.84. The van der Waals surface area contributed by atoms with Crippen LogP contribution in [0, 0.1) is 11.3 Å². The number of nitriles is 1. The molecule has 1 N–H and O–H groups in total. The van der Waals surface area contributed by atoms with Gasteiger partial charge in [0.1, 0.15) is 5.75 Å². The van der Waals surface area contributed by atoms with Gasteiger partial charge in [-0.25, -0.2) is 0 Å². The van der Waals surface area contributed by atoms with Gasteiger partial charge in [0.05, 0.1) is 18.7 Å². The van der Waals surface area contributed by atoms with Gasteiger partial charge >= 0.3 is 0 Å². The minimum Gasteiger partial charge on any atom is -0.496 e. The number of ether oxygens (including phenoxy) is 1. The topological polar surface area (TPSA) is 45.0 Å². The lowest BCUT2D eigenvalue weighted by Gasteiger charge is -2.09. The predicted molar refractivity (Wildman–Crippen MR) is 68.8 cm³/mol. The third kappa shape index (κ3) is 4.29. The van der Waals surface area contributed by atoms with E-state index in [2.05, 4.69) is 17.5 Å². The van der Waals surface area contributed by atoms with Crippen molar-refractivity contribution in [2.24, 2.45) is 0 Å². The molecule has 0 amide bonds. The van der Waals surface area contributed by atoms with Crippen molar-refractivity contribution in [1.29, 1.82) is 5.26 Å². The molecule has 1 aromatic rings. The molecule has 0 aliphatic carbocycles. The molecule has 0 aliphatic rings. The molecule has 1 aromatic carbocycles. The highest BCUT2D eigenvalue weighted by Gasteiger charge is 2.03. The number of hydrogen-bond acceptors (Lipinski definition) is 3. The number of hydrogen-bond donors (Lipinski definition) is 1. The molecule has 90 valence electrons. The molecule has 0 saturated heterocycles. The number of benzene rings is 1. The van der Waals surface area contributed by atoms with Gasteiger partial charge in [-0.15, -0.1) is 0 Å². The third-order valence-corrected chi connectivity index (χ3v) is 2.45. The summed E-state index contributed by atoms with van der Waals surface area (Å²) in [5.41, 5.74) is 1.68. The first-order chi connectivity index (χ1) is 8.31. The third-order valence-electron chi connectivity index (χ3n) is 2.45. The molecule has 0 fully saturated rings. The summed E-state index contributed by atoms with van der Waals surface area (Å²) in [6, 6.07) is 7.60. The van der Waals surface area contributed by atoms with Crippen molar-refractivity contribution in [1.82, 2.24) is 5.32 Å². The minimum atomic E-state index is 0.663. The van der Waals surface area contributed by atoms with Gasteiger partial charge in [-0.2, -0.15) is 5.26 Å². The summed E-state index contributed by atoms with van der Waals surface area (Å²) in [6.07, 6.45) is 5.17. The lowest BCUT2D eigenvalue weighted by Crippen LogP contribution is -2.14. The first-order valence-electron chi connectivity index (χ1n) is 5.70. The lowest BCUT2D eigenvalue weighted by molar-refractivity contribution is 0.408. The molecule has 1 rings (SSSR count). The van der Waals surface area contributed by atoms with Crippen molar-refractivity contribution in [2.75, 3.05) is 13.7 Å². The summed E-state index contributed by atoms with van der Waals surface area (Å²) >= 11 is 0. The molecular weight excluding hydrogens is 212 g/mol. The molecule has 0 saturated carbocycles. The lowest BCUT2D eigenvalue weighted by atomic mass is 10.1. The van der Waals surface area contributed by atoms with Crippen LogP contribution in [0.5, 0.6) is 5.75 Å². The first-order valence-corrected chi connectivity index (χ1v) is 5.70. The molecule has 0 bridgehead atoms. The van der Waals surface area contributed by atoms with E-state index in [4.69, 9.17) is 10.00 Å². The molecule has 0 unspecified atom stereocenters. The van der Waals surface area contributed by atoms with Crippen molar-refractivity contribution < 1.29 is 4.74 Å². The van der Waals surface area contributed by atoms with Gasteiger partial charge in [0.2, 0.25) is 0 Å². The Labute approximate surface area is 103 Å². The van der Waals surface area contributed by atoms with Crippen molar-refractivity contribution in [3.05, 3.63) is 41.5 Å². The molecule has 0 aliphatic heterocycles. The minimum absolute atomic E-state index is 0.663. The first kappa shape index (κ1) is 13.3. The van der Waals surface area contributed by atoms with Crippen LogP contribution in [0.3, 0.4) is 0 Å². The fraction of sp³-hybridized carbons (Fsp3) is 0.357. The van der Waals surface area contributed by atoms with E-state index in [0.717, 1.165) is 30.8 Å². The van der Waals surface area contributed by atoms with Gasteiger partial charge in [0.15, 0.2) is 0 Å². The normalized spacial score (nSPS) is 10.4. The molecule has 0 heterocycles. The molecule has 17 heavy (non-hydrogen) atoms. The highest BCUT2D eigenvalue weighted by Crippen LogP contribution is 2.19. The van der Waals surface area contributed by atoms with E-state index in [1.54, 1.807) is 13.2 Å². The van der Waals surface area contributed by atoms with Crippen LogP contribution in [0.15, 0.2) is 30.4 Å². The van der Waals surface area contributed by atoms with Gasteiger partial charge < -0.3 is 10.1 Å². The Morgan fingerprint density at radius 1 is 1.47 bits per heavy atom. The van der Waals surface area contributed by atoms with E-state index in [0.29, 0.717) is 5.56 Å². The average Bonchev–Trinajstić information content (AvgIpc) is 2.38. The summed E-state index contributed by atoms with van der Waals surface area (Å²) < 4.78 is 5.26.